The molecule has 0 radical (unpaired) electrons. The minimum absolute atomic E-state index is 0.0221. The Kier molecular flexibility index (Phi) is 8.18. The number of benzene rings is 2. The van der Waals surface area contributed by atoms with Crippen LogP contribution < -0.4 is 10.6 Å². The molecule has 3 aromatic rings. The molecule has 0 unspecified atom stereocenters. The molecule has 2 amide bonds. The van der Waals surface area contributed by atoms with Crippen LogP contribution in [0.3, 0.4) is 0 Å². The summed E-state index contributed by atoms with van der Waals surface area (Å²) in [5.74, 6) is -0.820. The molecule has 0 spiro atoms. The summed E-state index contributed by atoms with van der Waals surface area (Å²) in [5, 5.41) is 25.4. The Morgan fingerprint density at radius 2 is 1.94 bits per heavy atom. The quantitative estimate of drug-likeness (QED) is 0.258. The molecule has 10 nitrogen and oxygen atoms in total. The van der Waals surface area contributed by atoms with Gasteiger partial charge < -0.3 is 15.2 Å². The van der Waals surface area contributed by atoms with E-state index in [1.54, 1.807) is 24.6 Å². The zero-order chi connectivity index (χ0) is 25.7. The molecule has 0 saturated carbocycles. The summed E-state index contributed by atoms with van der Waals surface area (Å²) in [6.45, 7) is 5.56. The van der Waals surface area contributed by atoms with Crippen LogP contribution in [0.1, 0.15) is 41.6 Å². The second kappa shape index (κ2) is 11.1. The van der Waals surface area contributed by atoms with Gasteiger partial charge in [0.2, 0.25) is 5.91 Å². The van der Waals surface area contributed by atoms with Crippen molar-refractivity contribution in [2.45, 2.75) is 32.0 Å². The van der Waals surface area contributed by atoms with Crippen LogP contribution in [-0.2, 0) is 11.8 Å². The van der Waals surface area contributed by atoms with Crippen LogP contribution in [0.15, 0.2) is 47.6 Å². The van der Waals surface area contributed by atoms with E-state index in [0.29, 0.717) is 16.7 Å². The van der Waals surface area contributed by atoms with Gasteiger partial charge in [0.1, 0.15) is 5.82 Å². The molecule has 1 aromatic heterocycles. The Bertz CT molecular complexity index is 1260. The highest BCUT2D eigenvalue weighted by Gasteiger charge is 2.26. The molecule has 3 rings (SSSR count). The SMILES string of the molecule is Cc1ccc(F)cc1NC(=O)CSc1nnc([C@@H](NC(=O)c2cccc([N+](=O)[O-])c2)C(C)C)n1C. The van der Waals surface area contributed by atoms with Crippen LogP contribution >= 0.6 is 11.8 Å². The average Bonchev–Trinajstić information content (AvgIpc) is 3.18. The fraction of sp³-hybridized carbons (Fsp3) is 0.304. The molecular weight excluding hydrogens is 475 g/mol. The van der Waals surface area contributed by atoms with Gasteiger partial charge in [0.25, 0.3) is 11.6 Å². The number of anilines is 1. The highest BCUT2D eigenvalue weighted by Crippen LogP contribution is 2.25. The summed E-state index contributed by atoms with van der Waals surface area (Å²) >= 11 is 1.15. The third kappa shape index (κ3) is 6.41. The van der Waals surface area contributed by atoms with Crippen LogP contribution in [-0.4, -0.2) is 37.3 Å². The molecular formula is C23H25FN6O4S. The lowest BCUT2D eigenvalue weighted by Gasteiger charge is -2.21. The number of carbonyl (C=O) groups excluding carboxylic acids is 2. The number of nitro benzene ring substituents is 1. The Morgan fingerprint density at radius 3 is 2.63 bits per heavy atom. The molecule has 2 aromatic carbocycles. The topological polar surface area (TPSA) is 132 Å². The van der Waals surface area contributed by atoms with Gasteiger partial charge in [0.15, 0.2) is 11.0 Å². The van der Waals surface area contributed by atoms with Gasteiger partial charge in [-0.2, -0.15) is 0 Å². The van der Waals surface area contributed by atoms with Crippen molar-refractivity contribution in [3.63, 3.8) is 0 Å². The summed E-state index contributed by atoms with van der Waals surface area (Å²) in [6, 6.07) is 9.11. The van der Waals surface area contributed by atoms with Gasteiger partial charge in [-0.1, -0.05) is 37.7 Å². The first-order valence-corrected chi connectivity index (χ1v) is 11.7. The third-order valence-electron chi connectivity index (χ3n) is 5.23. The number of nitrogens with zero attached hydrogens (tertiary/aromatic N) is 4. The van der Waals surface area contributed by atoms with Crippen molar-refractivity contribution in [2.24, 2.45) is 13.0 Å². The van der Waals surface area contributed by atoms with E-state index in [2.05, 4.69) is 20.8 Å². The molecule has 0 aliphatic heterocycles. The molecule has 1 heterocycles. The van der Waals surface area contributed by atoms with Crippen LogP contribution in [0.4, 0.5) is 15.8 Å². The van der Waals surface area contributed by atoms with Crippen molar-refractivity contribution in [3.05, 3.63) is 75.3 Å². The smallest absolute Gasteiger partial charge is 0.270 e. The van der Waals surface area contributed by atoms with Gasteiger partial charge >= 0.3 is 0 Å². The van der Waals surface area contributed by atoms with Crippen molar-refractivity contribution in [1.82, 2.24) is 20.1 Å². The highest BCUT2D eigenvalue weighted by molar-refractivity contribution is 7.99. The van der Waals surface area contributed by atoms with E-state index in [9.17, 15) is 24.1 Å². The molecule has 0 aliphatic carbocycles. The lowest BCUT2D eigenvalue weighted by Crippen LogP contribution is -2.33. The Hall–Kier alpha value is -3.80. The van der Waals surface area contributed by atoms with Crippen molar-refractivity contribution < 1.29 is 18.9 Å². The first-order chi connectivity index (χ1) is 16.6. The van der Waals surface area contributed by atoms with Gasteiger partial charge in [-0.3, -0.25) is 19.7 Å². The van der Waals surface area contributed by atoms with Crippen molar-refractivity contribution in [2.75, 3.05) is 11.1 Å². The Labute approximate surface area is 205 Å². The highest BCUT2D eigenvalue weighted by atomic mass is 32.2. The molecule has 0 bridgehead atoms. The van der Waals surface area contributed by atoms with Crippen molar-refractivity contribution in [3.8, 4) is 0 Å². The van der Waals surface area contributed by atoms with Crippen LogP contribution in [0.25, 0.3) is 0 Å². The zero-order valence-electron chi connectivity index (χ0n) is 19.6. The maximum absolute atomic E-state index is 13.5. The number of nitrogens with one attached hydrogen (secondary N) is 2. The molecule has 1 atom stereocenters. The number of hydrogen-bond acceptors (Lipinski definition) is 7. The summed E-state index contributed by atoms with van der Waals surface area (Å²) in [7, 11) is 1.72. The van der Waals surface area contributed by atoms with Gasteiger partial charge in [-0.05, 0) is 36.6 Å². The van der Waals surface area contributed by atoms with E-state index in [0.717, 1.165) is 17.3 Å². The number of nitro groups is 1. The summed E-state index contributed by atoms with van der Waals surface area (Å²) < 4.78 is 15.1. The van der Waals surface area contributed by atoms with E-state index >= 15 is 0 Å². The fourth-order valence-corrected chi connectivity index (χ4v) is 4.00. The molecule has 0 saturated heterocycles. The van der Waals surface area contributed by atoms with Crippen LogP contribution in [0, 0.1) is 28.8 Å². The van der Waals surface area contributed by atoms with Gasteiger partial charge in [-0.15, -0.1) is 10.2 Å². The van der Waals surface area contributed by atoms with E-state index < -0.39 is 22.7 Å². The standard InChI is InChI=1S/C23H25FN6O4S/c1-13(2)20(26-22(32)15-6-5-7-17(10-15)30(33)34)21-27-28-23(29(21)4)35-12-19(31)25-18-11-16(24)9-8-14(18)3/h5-11,13,20H,12H2,1-4H3,(H,25,31)(H,26,32)/t20-/m0/s1. The largest absolute Gasteiger partial charge is 0.342 e. The van der Waals surface area contributed by atoms with Gasteiger partial charge in [-0.25, -0.2) is 4.39 Å². The predicted molar refractivity (Wildman–Crippen MR) is 130 cm³/mol. The lowest BCUT2D eigenvalue weighted by atomic mass is 10.0. The normalized spacial score (nSPS) is 11.8. The number of aryl methyl sites for hydroxylation is 1. The summed E-state index contributed by atoms with van der Waals surface area (Å²) in [5.41, 5.74) is 1.12. The predicted octanol–water partition coefficient (Wildman–Crippen LogP) is 4.03. The van der Waals surface area contributed by atoms with E-state index in [1.165, 1.54) is 36.4 Å². The lowest BCUT2D eigenvalue weighted by molar-refractivity contribution is -0.384. The second-order valence-corrected chi connectivity index (χ2v) is 9.14. The zero-order valence-corrected chi connectivity index (χ0v) is 20.4. The summed E-state index contributed by atoms with van der Waals surface area (Å²) in [4.78, 5) is 35.6. The molecule has 12 heteroatoms. The molecule has 0 fully saturated rings. The van der Waals surface area contributed by atoms with E-state index in [-0.39, 0.29) is 28.8 Å². The molecule has 2 N–H and O–H groups in total. The number of rotatable bonds is 9. The fourth-order valence-electron chi connectivity index (χ4n) is 3.28. The maximum atomic E-state index is 13.5. The summed E-state index contributed by atoms with van der Waals surface area (Å²) in [6.07, 6.45) is 0. The van der Waals surface area contributed by atoms with Gasteiger partial charge in [0.05, 0.1) is 16.7 Å². The number of thioether (sulfide) groups is 1. The van der Waals surface area contributed by atoms with Crippen molar-refractivity contribution >= 4 is 35.0 Å². The third-order valence-corrected chi connectivity index (χ3v) is 6.25. The molecule has 184 valence electrons. The first-order valence-electron chi connectivity index (χ1n) is 10.7. The second-order valence-electron chi connectivity index (χ2n) is 8.20. The molecule has 0 aliphatic rings. The monoisotopic (exact) mass is 500 g/mol. The number of hydrogen-bond donors (Lipinski definition) is 2. The Morgan fingerprint density at radius 1 is 1.20 bits per heavy atom. The van der Waals surface area contributed by atoms with E-state index in [4.69, 9.17) is 0 Å². The maximum Gasteiger partial charge on any atom is 0.270 e. The minimum atomic E-state index is -0.561. The van der Waals surface area contributed by atoms with Crippen LogP contribution in [0.2, 0.25) is 0 Å². The van der Waals surface area contributed by atoms with E-state index in [1.807, 2.05) is 13.8 Å². The minimum Gasteiger partial charge on any atom is -0.342 e. The van der Waals surface area contributed by atoms with Crippen LogP contribution in [0.5, 0.6) is 0 Å². The number of carbonyl (C=O) groups is 2. The average molecular weight is 501 g/mol. The first kappa shape index (κ1) is 25.8. The number of non-ortho nitro benzene ring substituents is 1. The number of aromatic nitrogens is 3. The number of halogens is 1. The van der Waals surface area contributed by atoms with Gasteiger partial charge in [0, 0.05) is 30.4 Å². The van der Waals surface area contributed by atoms with Crippen molar-refractivity contribution in [1.29, 1.82) is 0 Å². The molecule has 35 heavy (non-hydrogen) atoms. The Balaban J connectivity index is 1.69. The number of amides is 2.